The average Bonchev–Trinajstić information content (AvgIpc) is 3.08. The third kappa shape index (κ3) is 2.71. The van der Waals surface area contributed by atoms with E-state index in [1.807, 2.05) is 34.9 Å². The number of rotatable bonds is 3. The molecule has 0 aliphatic carbocycles. The van der Waals surface area contributed by atoms with Gasteiger partial charge in [-0.1, -0.05) is 0 Å². The summed E-state index contributed by atoms with van der Waals surface area (Å²) < 4.78 is 13.0. The monoisotopic (exact) mass is 376 g/mol. The number of anilines is 2. The lowest BCUT2D eigenvalue weighted by Gasteiger charge is -2.19. The number of imidazole rings is 1. The van der Waals surface area contributed by atoms with E-state index in [2.05, 4.69) is 15.3 Å². The second kappa shape index (κ2) is 6.34. The van der Waals surface area contributed by atoms with Gasteiger partial charge in [0.25, 0.3) is 0 Å². The number of aromatic nitrogens is 3. The second-order valence-electron chi connectivity index (χ2n) is 6.29. The number of phenols is 2. The van der Waals surface area contributed by atoms with Gasteiger partial charge in [-0.15, -0.1) is 0 Å². The normalized spacial score (nSPS) is 12.9. The fourth-order valence-electron chi connectivity index (χ4n) is 3.14. The van der Waals surface area contributed by atoms with Gasteiger partial charge in [0.1, 0.15) is 24.7 Å². The summed E-state index contributed by atoms with van der Waals surface area (Å²) in [6, 6.07) is 12.0. The zero-order valence-electron chi connectivity index (χ0n) is 14.7. The molecule has 0 fully saturated rings. The van der Waals surface area contributed by atoms with Gasteiger partial charge >= 0.3 is 0 Å². The smallest absolute Gasteiger partial charge is 0.235 e. The molecule has 2 aromatic carbocycles. The fourth-order valence-corrected chi connectivity index (χ4v) is 3.14. The summed E-state index contributed by atoms with van der Waals surface area (Å²) in [5, 5.41) is 22.9. The molecule has 0 atom stereocenters. The first-order valence-corrected chi connectivity index (χ1v) is 8.71. The lowest BCUT2D eigenvalue weighted by molar-refractivity contribution is 0.171. The van der Waals surface area contributed by atoms with Crippen molar-refractivity contribution in [3.8, 4) is 34.3 Å². The molecule has 0 saturated carbocycles. The third-order valence-corrected chi connectivity index (χ3v) is 4.46. The Morgan fingerprint density at radius 3 is 2.68 bits per heavy atom. The summed E-state index contributed by atoms with van der Waals surface area (Å²) in [6.07, 6.45) is 3.51. The van der Waals surface area contributed by atoms with Crippen molar-refractivity contribution >= 4 is 17.3 Å². The summed E-state index contributed by atoms with van der Waals surface area (Å²) >= 11 is 0. The summed E-state index contributed by atoms with van der Waals surface area (Å²) in [5.74, 6) is 2.15. The fraction of sp³-hybridized carbons (Fsp3) is 0.100. The van der Waals surface area contributed by atoms with E-state index in [1.54, 1.807) is 12.3 Å². The van der Waals surface area contributed by atoms with E-state index in [-0.39, 0.29) is 11.5 Å². The second-order valence-corrected chi connectivity index (χ2v) is 6.29. The highest BCUT2D eigenvalue weighted by Gasteiger charge is 2.18. The molecule has 5 rings (SSSR count). The van der Waals surface area contributed by atoms with E-state index < -0.39 is 0 Å². The Balaban J connectivity index is 1.62. The van der Waals surface area contributed by atoms with Gasteiger partial charge in [0, 0.05) is 29.7 Å². The van der Waals surface area contributed by atoms with Crippen molar-refractivity contribution in [2.45, 2.75) is 0 Å². The molecular formula is C20H16N4O4. The van der Waals surface area contributed by atoms with Crippen LogP contribution >= 0.6 is 0 Å². The Kier molecular flexibility index (Phi) is 3.68. The number of phenolic OH excluding ortho intramolecular Hbond substituents is 2. The number of aromatic hydroxyl groups is 2. The molecule has 0 bridgehead atoms. The van der Waals surface area contributed by atoms with Crippen LogP contribution in [0.2, 0.25) is 0 Å². The predicted octanol–water partition coefficient (Wildman–Crippen LogP) is 3.32. The van der Waals surface area contributed by atoms with Gasteiger partial charge in [-0.2, -0.15) is 0 Å². The summed E-state index contributed by atoms with van der Waals surface area (Å²) in [7, 11) is 0. The highest BCUT2D eigenvalue weighted by atomic mass is 16.6. The summed E-state index contributed by atoms with van der Waals surface area (Å²) in [4.78, 5) is 8.87. The van der Waals surface area contributed by atoms with E-state index in [4.69, 9.17) is 9.47 Å². The van der Waals surface area contributed by atoms with Crippen molar-refractivity contribution < 1.29 is 19.7 Å². The number of nitrogens with zero attached hydrogens (tertiary/aromatic N) is 3. The molecule has 2 aromatic heterocycles. The lowest BCUT2D eigenvalue weighted by atomic mass is 10.1. The highest BCUT2D eigenvalue weighted by Crippen LogP contribution is 2.37. The third-order valence-electron chi connectivity index (χ3n) is 4.46. The van der Waals surface area contributed by atoms with Crippen LogP contribution in [0.15, 0.2) is 54.9 Å². The largest absolute Gasteiger partial charge is 0.504 e. The Morgan fingerprint density at radius 2 is 1.82 bits per heavy atom. The zero-order chi connectivity index (χ0) is 19.1. The Hall–Kier alpha value is -3.94. The van der Waals surface area contributed by atoms with Gasteiger partial charge in [-0.3, -0.25) is 4.40 Å². The minimum absolute atomic E-state index is 0.188. The number of ether oxygens (including phenoxy) is 2. The average molecular weight is 376 g/mol. The first kappa shape index (κ1) is 16.2. The van der Waals surface area contributed by atoms with Crippen LogP contribution in [0.25, 0.3) is 17.0 Å². The number of hydrogen-bond donors (Lipinski definition) is 3. The molecule has 28 heavy (non-hydrogen) atoms. The van der Waals surface area contributed by atoms with Gasteiger partial charge in [-0.25, -0.2) is 9.97 Å². The number of nitrogens with one attached hydrogen (secondary N) is 1. The first-order valence-electron chi connectivity index (χ1n) is 8.71. The van der Waals surface area contributed by atoms with Crippen LogP contribution in [0.4, 0.5) is 11.5 Å². The van der Waals surface area contributed by atoms with Gasteiger partial charge < -0.3 is 25.0 Å². The van der Waals surface area contributed by atoms with E-state index >= 15 is 0 Å². The summed E-state index contributed by atoms with van der Waals surface area (Å²) in [6.45, 7) is 1.04. The molecule has 0 radical (unpaired) electrons. The van der Waals surface area contributed by atoms with E-state index in [9.17, 15) is 10.2 Å². The van der Waals surface area contributed by atoms with E-state index in [1.165, 1.54) is 12.1 Å². The molecule has 0 saturated heterocycles. The maximum atomic E-state index is 9.90. The van der Waals surface area contributed by atoms with Crippen LogP contribution in [0.3, 0.4) is 0 Å². The van der Waals surface area contributed by atoms with Gasteiger partial charge in [0.15, 0.2) is 23.0 Å². The molecule has 1 aliphatic heterocycles. The molecule has 1 aliphatic rings. The molecule has 3 heterocycles. The topological polar surface area (TPSA) is 101 Å². The molecule has 140 valence electrons. The molecule has 4 aromatic rings. The van der Waals surface area contributed by atoms with Gasteiger partial charge in [-0.05, 0) is 36.4 Å². The van der Waals surface area contributed by atoms with Gasteiger partial charge in [0.05, 0.1) is 0 Å². The Morgan fingerprint density at radius 1 is 0.964 bits per heavy atom. The van der Waals surface area contributed by atoms with E-state index in [0.717, 1.165) is 5.69 Å². The quantitative estimate of drug-likeness (QED) is 0.472. The molecule has 0 unspecified atom stereocenters. The summed E-state index contributed by atoms with van der Waals surface area (Å²) in [5.41, 5.74) is 2.02. The molecule has 0 spiro atoms. The Labute approximate surface area is 159 Å². The number of benzene rings is 2. The number of hydrogen-bond acceptors (Lipinski definition) is 7. The van der Waals surface area contributed by atoms with E-state index in [0.29, 0.717) is 47.6 Å². The van der Waals surface area contributed by atoms with Crippen molar-refractivity contribution in [1.82, 2.24) is 14.4 Å². The highest BCUT2D eigenvalue weighted by molar-refractivity contribution is 5.80. The van der Waals surface area contributed by atoms with Crippen molar-refractivity contribution in [3.63, 3.8) is 0 Å². The van der Waals surface area contributed by atoms with Crippen LogP contribution in [0.5, 0.6) is 23.0 Å². The molecule has 0 amide bonds. The van der Waals surface area contributed by atoms with Crippen LogP contribution in [0.1, 0.15) is 0 Å². The van der Waals surface area contributed by atoms with Crippen molar-refractivity contribution in [2.24, 2.45) is 0 Å². The molecule has 8 heteroatoms. The number of fused-ring (bicyclic) bond motifs is 2. The molecular weight excluding hydrogens is 360 g/mol. The first-order chi connectivity index (χ1) is 13.7. The van der Waals surface area contributed by atoms with Crippen molar-refractivity contribution in [3.05, 3.63) is 54.9 Å². The lowest BCUT2D eigenvalue weighted by Crippen LogP contribution is -2.15. The molecule has 3 N–H and O–H groups in total. The van der Waals surface area contributed by atoms with Crippen LogP contribution in [0, 0.1) is 0 Å². The van der Waals surface area contributed by atoms with Crippen LogP contribution in [-0.2, 0) is 0 Å². The predicted molar refractivity (Wildman–Crippen MR) is 102 cm³/mol. The SMILES string of the molecule is Oc1ccc(-c2nc3ncccn3c2Nc2ccc3c(c2)OCCO3)cc1O. The Bertz CT molecular complexity index is 1190. The van der Waals surface area contributed by atoms with Crippen LogP contribution in [-0.4, -0.2) is 37.8 Å². The van der Waals surface area contributed by atoms with Crippen molar-refractivity contribution in [2.75, 3.05) is 18.5 Å². The minimum Gasteiger partial charge on any atom is -0.504 e. The maximum absolute atomic E-state index is 9.90. The maximum Gasteiger partial charge on any atom is 0.235 e. The zero-order valence-corrected chi connectivity index (χ0v) is 14.7. The van der Waals surface area contributed by atoms with Crippen molar-refractivity contribution in [1.29, 1.82) is 0 Å². The molecule has 8 nitrogen and oxygen atoms in total. The standard InChI is InChI=1S/C20H16N4O4/c25-14-4-2-12(10-15(14)26)18-19(24-7-1-6-21-20(24)23-18)22-13-3-5-16-17(11-13)28-9-8-27-16/h1-7,10-11,22,25-26H,8-9H2. The van der Waals surface area contributed by atoms with Crippen LogP contribution < -0.4 is 14.8 Å². The van der Waals surface area contributed by atoms with Gasteiger partial charge in [0.2, 0.25) is 5.78 Å². The minimum atomic E-state index is -0.215.